The van der Waals surface area contributed by atoms with Gasteiger partial charge in [-0.3, -0.25) is 0 Å². The van der Waals surface area contributed by atoms with E-state index in [0.29, 0.717) is 49.3 Å². The van der Waals surface area contributed by atoms with Gasteiger partial charge in [0.2, 0.25) is 15.9 Å². The summed E-state index contributed by atoms with van der Waals surface area (Å²) in [5.74, 6) is 0.990. The summed E-state index contributed by atoms with van der Waals surface area (Å²) in [4.78, 5) is 4.86. The highest BCUT2D eigenvalue weighted by atomic mass is 32.2. The molecule has 1 aliphatic rings. The lowest BCUT2D eigenvalue weighted by molar-refractivity contribution is 0.122. The minimum absolute atomic E-state index is 0.0981. The van der Waals surface area contributed by atoms with Crippen LogP contribution in [0.4, 0.5) is 0 Å². The lowest BCUT2D eigenvalue weighted by Crippen LogP contribution is -2.39. The van der Waals surface area contributed by atoms with Gasteiger partial charge in [-0.2, -0.15) is 9.29 Å². The monoisotopic (exact) mass is 441 g/mol. The molecule has 8 heteroatoms. The average molecular weight is 442 g/mol. The van der Waals surface area contributed by atoms with E-state index in [2.05, 4.69) is 10.1 Å². The zero-order chi connectivity index (χ0) is 21.7. The smallest absolute Gasteiger partial charge is 0.243 e. The Morgan fingerprint density at radius 1 is 1.13 bits per heavy atom. The molecule has 7 nitrogen and oxygen atoms in total. The predicted octanol–water partition coefficient (Wildman–Crippen LogP) is 3.71. The Morgan fingerprint density at radius 2 is 1.90 bits per heavy atom. The molecule has 1 atom stereocenters. The maximum absolute atomic E-state index is 13.1. The highest BCUT2D eigenvalue weighted by Crippen LogP contribution is 2.30. The Bertz CT molecular complexity index is 1100. The SMILES string of the molecule is Cc1ccccc1S(=O)(=O)N1CCCC(c2nc(CCOCc3ccccc3)no2)C1. The van der Waals surface area contributed by atoms with Crippen LogP contribution in [0.1, 0.15) is 41.6 Å². The Hall–Kier alpha value is -2.55. The Morgan fingerprint density at radius 3 is 2.71 bits per heavy atom. The van der Waals surface area contributed by atoms with Crippen molar-refractivity contribution >= 4 is 10.0 Å². The molecule has 2 heterocycles. The largest absolute Gasteiger partial charge is 0.376 e. The molecule has 31 heavy (non-hydrogen) atoms. The summed E-state index contributed by atoms with van der Waals surface area (Å²) in [5.41, 5.74) is 1.87. The number of aryl methyl sites for hydroxylation is 1. The first-order valence-corrected chi connectivity index (χ1v) is 12.0. The van der Waals surface area contributed by atoms with E-state index in [-0.39, 0.29) is 5.92 Å². The van der Waals surface area contributed by atoms with Crippen LogP contribution in [-0.2, 0) is 27.8 Å². The van der Waals surface area contributed by atoms with Gasteiger partial charge < -0.3 is 9.26 Å². The van der Waals surface area contributed by atoms with Gasteiger partial charge in [0, 0.05) is 19.5 Å². The maximum atomic E-state index is 13.1. The van der Waals surface area contributed by atoms with Crippen molar-refractivity contribution in [3.8, 4) is 0 Å². The fraction of sp³-hybridized carbons (Fsp3) is 0.391. The molecule has 0 aliphatic carbocycles. The number of piperidine rings is 1. The molecule has 1 fully saturated rings. The van der Waals surface area contributed by atoms with Crippen molar-refractivity contribution in [1.82, 2.24) is 14.4 Å². The lowest BCUT2D eigenvalue weighted by atomic mass is 10.00. The maximum Gasteiger partial charge on any atom is 0.243 e. The number of hydrogen-bond donors (Lipinski definition) is 0. The van der Waals surface area contributed by atoms with E-state index in [1.54, 1.807) is 12.1 Å². The molecule has 1 saturated heterocycles. The van der Waals surface area contributed by atoms with Crippen LogP contribution in [0.5, 0.6) is 0 Å². The van der Waals surface area contributed by atoms with Crippen molar-refractivity contribution in [3.63, 3.8) is 0 Å². The zero-order valence-electron chi connectivity index (χ0n) is 17.6. The quantitative estimate of drug-likeness (QED) is 0.496. The normalized spacial score (nSPS) is 17.6. The van der Waals surface area contributed by atoms with Crippen LogP contribution in [0.15, 0.2) is 64.0 Å². The summed E-state index contributed by atoms with van der Waals surface area (Å²) in [6.07, 6.45) is 2.13. The van der Waals surface area contributed by atoms with E-state index in [1.165, 1.54) is 4.31 Å². The molecule has 0 bridgehead atoms. The third-order valence-corrected chi connectivity index (χ3v) is 7.54. The molecule has 0 N–H and O–H groups in total. The van der Waals surface area contributed by atoms with Crippen molar-refractivity contribution in [3.05, 3.63) is 77.4 Å². The molecule has 0 spiro atoms. The second-order valence-corrected chi connectivity index (χ2v) is 9.71. The minimum Gasteiger partial charge on any atom is -0.376 e. The van der Waals surface area contributed by atoms with Gasteiger partial charge in [-0.25, -0.2) is 8.42 Å². The van der Waals surface area contributed by atoms with E-state index in [9.17, 15) is 8.42 Å². The molecule has 1 aromatic heterocycles. The molecule has 1 unspecified atom stereocenters. The zero-order valence-corrected chi connectivity index (χ0v) is 18.4. The number of rotatable bonds is 8. The summed E-state index contributed by atoms with van der Waals surface area (Å²) in [5, 5.41) is 4.06. The number of sulfonamides is 1. The Balaban J connectivity index is 1.35. The first-order chi connectivity index (χ1) is 15.0. The van der Waals surface area contributed by atoms with Crippen LogP contribution < -0.4 is 0 Å². The lowest BCUT2D eigenvalue weighted by Gasteiger charge is -2.30. The van der Waals surface area contributed by atoms with Gasteiger partial charge >= 0.3 is 0 Å². The fourth-order valence-corrected chi connectivity index (χ4v) is 5.56. The van der Waals surface area contributed by atoms with Crippen LogP contribution in [-0.4, -0.2) is 42.6 Å². The second-order valence-electron chi connectivity index (χ2n) is 7.80. The molecular formula is C23H27N3O4S. The number of ether oxygens (including phenoxy) is 1. The first kappa shape index (κ1) is 21.7. The van der Waals surface area contributed by atoms with Crippen molar-refractivity contribution < 1.29 is 17.7 Å². The summed E-state index contributed by atoms with van der Waals surface area (Å²) < 4.78 is 38.9. The van der Waals surface area contributed by atoms with Gasteiger partial charge in [0.05, 0.1) is 24.0 Å². The van der Waals surface area contributed by atoms with E-state index >= 15 is 0 Å². The molecule has 164 valence electrons. The molecule has 0 saturated carbocycles. The van der Waals surface area contributed by atoms with Crippen LogP contribution in [0, 0.1) is 6.92 Å². The van der Waals surface area contributed by atoms with Crippen LogP contribution >= 0.6 is 0 Å². The molecular weight excluding hydrogens is 414 g/mol. The van der Waals surface area contributed by atoms with Crippen molar-refractivity contribution in [2.45, 2.75) is 43.6 Å². The number of hydrogen-bond acceptors (Lipinski definition) is 6. The van der Waals surface area contributed by atoms with E-state index in [4.69, 9.17) is 9.26 Å². The summed E-state index contributed by atoms with van der Waals surface area (Å²) in [6.45, 7) is 3.70. The molecule has 0 radical (unpaired) electrons. The second kappa shape index (κ2) is 9.72. The number of nitrogens with zero attached hydrogens (tertiary/aromatic N) is 3. The Labute approximate surface area is 183 Å². The van der Waals surface area contributed by atoms with Crippen LogP contribution in [0.25, 0.3) is 0 Å². The molecule has 3 aromatic rings. The van der Waals surface area contributed by atoms with E-state index < -0.39 is 10.0 Å². The van der Waals surface area contributed by atoms with Crippen molar-refractivity contribution in [2.24, 2.45) is 0 Å². The van der Waals surface area contributed by atoms with E-state index in [1.807, 2.05) is 49.4 Å². The summed E-state index contributed by atoms with van der Waals surface area (Å²) >= 11 is 0. The third-order valence-electron chi connectivity index (χ3n) is 5.51. The van der Waals surface area contributed by atoms with Crippen molar-refractivity contribution in [1.29, 1.82) is 0 Å². The summed E-state index contributed by atoms with van der Waals surface area (Å²) in [7, 11) is -3.55. The molecule has 1 aliphatic heterocycles. The van der Waals surface area contributed by atoms with Crippen LogP contribution in [0.2, 0.25) is 0 Å². The number of aromatic nitrogens is 2. The minimum atomic E-state index is -3.55. The van der Waals surface area contributed by atoms with Gasteiger partial charge in [0.15, 0.2) is 5.82 Å². The van der Waals surface area contributed by atoms with Gasteiger partial charge in [0.1, 0.15) is 0 Å². The summed E-state index contributed by atoms with van der Waals surface area (Å²) in [6, 6.07) is 17.1. The van der Waals surface area contributed by atoms with Gasteiger partial charge in [-0.1, -0.05) is 53.7 Å². The first-order valence-electron chi connectivity index (χ1n) is 10.5. The topological polar surface area (TPSA) is 85.5 Å². The van der Waals surface area contributed by atoms with Gasteiger partial charge in [-0.05, 0) is 37.0 Å². The van der Waals surface area contributed by atoms with Gasteiger partial charge in [0.25, 0.3) is 0 Å². The fourth-order valence-electron chi connectivity index (χ4n) is 3.81. The standard InChI is InChI=1S/C23H27N3O4S/c1-18-8-5-6-12-21(18)31(27,28)26-14-7-11-20(16-26)23-24-22(25-30-23)13-15-29-17-19-9-3-2-4-10-19/h2-6,8-10,12,20H,7,11,13-17H2,1H3. The number of benzene rings is 2. The van der Waals surface area contributed by atoms with Crippen molar-refractivity contribution in [2.75, 3.05) is 19.7 Å². The highest BCUT2D eigenvalue weighted by molar-refractivity contribution is 7.89. The van der Waals surface area contributed by atoms with Gasteiger partial charge in [-0.15, -0.1) is 0 Å². The predicted molar refractivity (Wildman–Crippen MR) is 116 cm³/mol. The van der Waals surface area contributed by atoms with Crippen LogP contribution in [0.3, 0.4) is 0 Å². The molecule has 2 aromatic carbocycles. The molecule has 0 amide bonds. The van der Waals surface area contributed by atoms with E-state index in [0.717, 1.165) is 24.0 Å². The molecule has 4 rings (SSSR count). The highest BCUT2D eigenvalue weighted by Gasteiger charge is 2.33. The Kier molecular flexibility index (Phi) is 6.80. The average Bonchev–Trinajstić information content (AvgIpc) is 3.27. The third kappa shape index (κ3) is 5.20.